The zero-order valence-corrected chi connectivity index (χ0v) is 18.5. The Balaban J connectivity index is 1.46. The van der Waals surface area contributed by atoms with Gasteiger partial charge in [-0.25, -0.2) is 8.42 Å². The lowest BCUT2D eigenvalue weighted by molar-refractivity contribution is -0.120. The number of sulfonamides is 1. The average molecular weight is 439 g/mol. The van der Waals surface area contributed by atoms with E-state index in [0.29, 0.717) is 31.7 Å². The van der Waals surface area contributed by atoms with Crippen molar-refractivity contribution in [3.05, 3.63) is 66.2 Å². The monoisotopic (exact) mass is 438 g/mol. The fourth-order valence-electron chi connectivity index (χ4n) is 4.05. The summed E-state index contributed by atoms with van der Waals surface area (Å²) in [5.41, 5.74) is 1.63. The maximum absolute atomic E-state index is 13.2. The molecule has 0 spiro atoms. The van der Waals surface area contributed by atoms with E-state index in [1.807, 2.05) is 55.5 Å². The number of carbonyl (C=O) groups excluding carboxylic acids is 1. The Morgan fingerprint density at radius 2 is 1.74 bits per heavy atom. The Labute approximate surface area is 182 Å². The third-order valence-corrected chi connectivity index (χ3v) is 7.73. The van der Waals surface area contributed by atoms with E-state index in [4.69, 9.17) is 4.74 Å². The Kier molecular flexibility index (Phi) is 5.98. The lowest BCUT2D eigenvalue weighted by atomic mass is 9.97. The van der Waals surface area contributed by atoms with Gasteiger partial charge < -0.3 is 10.1 Å². The van der Waals surface area contributed by atoms with E-state index in [1.54, 1.807) is 12.1 Å². The number of rotatable bonds is 5. The molecule has 0 atom stereocenters. The highest BCUT2D eigenvalue weighted by molar-refractivity contribution is 7.89. The smallest absolute Gasteiger partial charge is 0.246 e. The standard InChI is InChI=1S/C24H26N2O4S/c1-17-10-11-22(30-2)23(16-17)31(28,29)26-14-12-19(13-15-26)24(27)25-21-9-5-7-18-6-3-4-8-20(18)21/h3-11,16,19H,12-15H2,1-2H3,(H,25,27). The van der Waals surface area contributed by atoms with Crippen LogP contribution in [0.5, 0.6) is 5.75 Å². The molecule has 1 heterocycles. The summed E-state index contributed by atoms with van der Waals surface area (Å²) in [6, 6.07) is 18.8. The number of methoxy groups -OCH3 is 1. The second-order valence-corrected chi connectivity index (χ2v) is 9.75. The largest absolute Gasteiger partial charge is 0.495 e. The van der Waals surface area contributed by atoms with Gasteiger partial charge in [0, 0.05) is 30.1 Å². The molecular formula is C24H26N2O4S. The number of fused-ring (bicyclic) bond motifs is 1. The molecule has 3 aromatic carbocycles. The summed E-state index contributed by atoms with van der Waals surface area (Å²) in [6.07, 6.45) is 0.952. The lowest BCUT2D eigenvalue weighted by Crippen LogP contribution is -2.41. The van der Waals surface area contributed by atoms with Gasteiger partial charge in [-0.3, -0.25) is 4.79 Å². The van der Waals surface area contributed by atoms with Crippen LogP contribution in [0.3, 0.4) is 0 Å². The minimum Gasteiger partial charge on any atom is -0.495 e. The van der Waals surface area contributed by atoms with E-state index in [-0.39, 0.29) is 16.7 Å². The van der Waals surface area contributed by atoms with Crippen LogP contribution in [-0.4, -0.2) is 38.8 Å². The average Bonchev–Trinajstić information content (AvgIpc) is 2.79. The summed E-state index contributed by atoms with van der Waals surface area (Å²) in [5.74, 6) is 0.0350. The third-order valence-electron chi connectivity index (χ3n) is 5.81. The first-order valence-electron chi connectivity index (χ1n) is 10.3. The maximum Gasteiger partial charge on any atom is 0.246 e. The van der Waals surface area contributed by atoms with Crippen LogP contribution in [0.1, 0.15) is 18.4 Å². The highest BCUT2D eigenvalue weighted by Crippen LogP contribution is 2.31. The minimum atomic E-state index is -3.69. The van der Waals surface area contributed by atoms with Crippen molar-refractivity contribution in [2.75, 3.05) is 25.5 Å². The number of carbonyl (C=O) groups is 1. The van der Waals surface area contributed by atoms with Crippen LogP contribution in [0.2, 0.25) is 0 Å². The van der Waals surface area contributed by atoms with E-state index >= 15 is 0 Å². The van der Waals surface area contributed by atoms with Crippen molar-refractivity contribution in [2.24, 2.45) is 5.92 Å². The first-order chi connectivity index (χ1) is 14.9. The molecule has 1 aliphatic rings. The Morgan fingerprint density at radius 1 is 1.03 bits per heavy atom. The van der Waals surface area contributed by atoms with Crippen molar-refractivity contribution in [1.82, 2.24) is 4.31 Å². The molecule has 0 radical (unpaired) electrons. The third kappa shape index (κ3) is 4.29. The Bertz CT molecular complexity index is 1210. The molecule has 7 heteroatoms. The normalized spacial score (nSPS) is 15.7. The highest BCUT2D eigenvalue weighted by atomic mass is 32.2. The molecule has 1 amide bonds. The number of hydrogen-bond donors (Lipinski definition) is 1. The van der Waals surface area contributed by atoms with Crippen molar-refractivity contribution in [1.29, 1.82) is 0 Å². The number of piperidine rings is 1. The molecule has 1 fully saturated rings. The van der Waals surface area contributed by atoms with E-state index in [2.05, 4.69) is 5.32 Å². The molecule has 3 aromatic rings. The summed E-state index contributed by atoms with van der Waals surface area (Å²) >= 11 is 0. The predicted octanol–water partition coefficient (Wildman–Crippen LogP) is 4.20. The van der Waals surface area contributed by atoms with Gasteiger partial charge in [-0.2, -0.15) is 4.31 Å². The summed E-state index contributed by atoms with van der Waals surface area (Å²) in [6.45, 7) is 2.45. The molecular weight excluding hydrogens is 412 g/mol. The number of hydrogen-bond acceptors (Lipinski definition) is 4. The van der Waals surface area contributed by atoms with Crippen molar-refractivity contribution < 1.29 is 17.9 Å². The van der Waals surface area contributed by atoms with Crippen LogP contribution in [0.25, 0.3) is 10.8 Å². The first kappa shape index (κ1) is 21.3. The number of ether oxygens (including phenoxy) is 1. The van der Waals surface area contributed by atoms with E-state index in [0.717, 1.165) is 22.0 Å². The van der Waals surface area contributed by atoms with Crippen molar-refractivity contribution in [3.8, 4) is 5.75 Å². The molecule has 4 rings (SSSR count). The predicted molar refractivity (Wildman–Crippen MR) is 122 cm³/mol. The number of amides is 1. The fourth-order valence-corrected chi connectivity index (χ4v) is 5.76. The van der Waals surface area contributed by atoms with E-state index < -0.39 is 10.0 Å². The molecule has 162 valence electrons. The lowest BCUT2D eigenvalue weighted by Gasteiger charge is -2.31. The van der Waals surface area contributed by atoms with Crippen LogP contribution in [0.15, 0.2) is 65.6 Å². The number of nitrogens with one attached hydrogen (secondary N) is 1. The van der Waals surface area contributed by atoms with Crippen LogP contribution in [0, 0.1) is 12.8 Å². The molecule has 0 aromatic heterocycles. The van der Waals surface area contributed by atoms with Gasteiger partial charge in [0.2, 0.25) is 15.9 Å². The zero-order valence-electron chi connectivity index (χ0n) is 17.7. The van der Waals surface area contributed by atoms with Gasteiger partial charge in [0.25, 0.3) is 0 Å². The van der Waals surface area contributed by atoms with Crippen molar-refractivity contribution >= 4 is 32.4 Å². The molecule has 1 aliphatic heterocycles. The second kappa shape index (κ2) is 8.69. The SMILES string of the molecule is COc1ccc(C)cc1S(=O)(=O)N1CCC(C(=O)Nc2cccc3ccccc23)CC1. The number of aryl methyl sites for hydroxylation is 1. The molecule has 1 N–H and O–H groups in total. The van der Waals surface area contributed by atoms with Crippen LogP contribution in [0.4, 0.5) is 5.69 Å². The number of benzene rings is 3. The Hall–Kier alpha value is -2.90. The first-order valence-corrected chi connectivity index (χ1v) is 11.8. The van der Waals surface area contributed by atoms with E-state index in [9.17, 15) is 13.2 Å². The zero-order chi connectivity index (χ0) is 22.0. The van der Waals surface area contributed by atoms with E-state index in [1.165, 1.54) is 11.4 Å². The Morgan fingerprint density at radius 3 is 2.48 bits per heavy atom. The fraction of sp³-hybridized carbons (Fsp3) is 0.292. The van der Waals surface area contributed by atoms with Crippen LogP contribution in [-0.2, 0) is 14.8 Å². The summed E-state index contributed by atoms with van der Waals surface area (Å²) in [7, 11) is -2.22. The van der Waals surface area contributed by atoms with Gasteiger partial charge in [-0.1, -0.05) is 42.5 Å². The van der Waals surface area contributed by atoms with Gasteiger partial charge in [-0.15, -0.1) is 0 Å². The topological polar surface area (TPSA) is 75.7 Å². The molecule has 0 saturated carbocycles. The van der Waals surface area contributed by atoms with Crippen molar-refractivity contribution in [2.45, 2.75) is 24.7 Å². The maximum atomic E-state index is 13.2. The molecule has 0 aliphatic carbocycles. The van der Waals surface area contributed by atoms with Crippen molar-refractivity contribution in [3.63, 3.8) is 0 Å². The van der Waals surface area contributed by atoms with Gasteiger partial charge in [0.1, 0.15) is 10.6 Å². The van der Waals surface area contributed by atoms with Crippen LogP contribution >= 0.6 is 0 Å². The summed E-state index contributed by atoms with van der Waals surface area (Å²) in [5, 5.41) is 5.09. The quantitative estimate of drug-likeness (QED) is 0.648. The molecule has 31 heavy (non-hydrogen) atoms. The van der Waals surface area contributed by atoms with Gasteiger partial charge >= 0.3 is 0 Å². The molecule has 0 unspecified atom stereocenters. The second-order valence-electron chi connectivity index (χ2n) is 7.85. The molecule has 1 saturated heterocycles. The number of anilines is 1. The van der Waals surface area contributed by atoms with Gasteiger partial charge in [-0.05, 0) is 48.9 Å². The molecule has 0 bridgehead atoms. The van der Waals surface area contributed by atoms with Gasteiger partial charge in [0.05, 0.1) is 7.11 Å². The number of nitrogens with zero attached hydrogens (tertiary/aromatic N) is 1. The van der Waals surface area contributed by atoms with Gasteiger partial charge in [0.15, 0.2) is 0 Å². The molecule has 6 nitrogen and oxygen atoms in total. The van der Waals surface area contributed by atoms with Crippen LogP contribution < -0.4 is 10.1 Å². The summed E-state index contributed by atoms with van der Waals surface area (Å²) in [4.78, 5) is 13.1. The highest BCUT2D eigenvalue weighted by Gasteiger charge is 2.33. The minimum absolute atomic E-state index is 0.0680. The summed E-state index contributed by atoms with van der Waals surface area (Å²) < 4.78 is 33.1.